The van der Waals surface area contributed by atoms with E-state index in [2.05, 4.69) is 34.6 Å². The van der Waals surface area contributed by atoms with Crippen molar-refractivity contribution in [2.24, 2.45) is 17.8 Å². The normalized spacial score (nSPS) is 15.1. The Morgan fingerprint density at radius 3 is 1.12 bits per heavy atom. The van der Waals surface area contributed by atoms with Crippen LogP contribution in [0.3, 0.4) is 0 Å². The molecule has 0 aromatic rings. The molecule has 0 N–H and O–H groups in total. The standard InChI is InChI=1S/C26H54/c1-6-8-9-11-14-20-25(4)22-17-23-26(5)21-16-13-10-12-15-19-24(3)18-7-2/h24-26H,6-23H2,1-5H3. The molecule has 158 valence electrons. The number of hydrogen-bond acceptors (Lipinski definition) is 0. The molecule has 0 saturated carbocycles. The summed E-state index contributed by atoms with van der Waals surface area (Å²) >= 11 is 0. The van der Waals surface area contributed by atoms with Crippen molar-refractivity contribution in [2.45, 2.75) is 150 Å². The van der Waals surface area contributed by atoms with Gasteiger partial charge in [-0.3, -0.25) is 0 Å². The van der Waals surface area contributed by atoms with Crippen LogP contribution in [0.15, 0.2) is 0 Å². The zero-order valence-electron chi connectivity index (χ0n) is 19.5. The summed E-state index contributed by atoms with van der Waals surface area (Å²) in [5.74, 6) is 2.87. The Labute approximate surface area is 168 Å². The molecule has 0 aliphatic carbocycles. The molecule has 26 heavy (non-hydrogen) atoms. The smallest absolute Gasteiger partial charge is 0.0443 e. The van der Waals surface area contributed by atoms with Crippen LogP contribution in [0.2, 0.25) is 0 Å². The maximum absolute atomic E-state index is 2.49. The minimum absolute atomic E-state index is 0.955. The SMILES string of the molecule is CCCCCCCC(C)CCCC(C)CCCCCCCC(C)CCC. The van der Waals surface area contributed by atoms with E-state index in [4.69, 9.17) is 0 Å². The molecule has 0 nitrogen and oxygen atoms in total. The van der Waals surface area contributed by atoms with Gasteiger partial charge in [0.15, 0.2) is 0 Å². The average Bonchev–Trinajstić information content (AvgIpc) is 2.61. The fourth-order valence-electron chi connectivity index (χ4n) is 4.35. The molecule has 0 aromatic heterocycles. The Kier molecular flexibility index (Phi) is 19.8. The molecular formula is C26H54. The van der Waals surface area contributed by atoms with Crippen LogP contribution in [0, 0.1) is 17.8 Å². The monoisotopic (exact) mass is 366 g/mol. The number of hydrogen-bond donors (Lipinski definition) is 0. The van der Waals surface area contributed by atoms with Crippen LogP contribution in [0.4, 0.5) is 0 Å². The third kappa shape index (κ3) is 18.8. The lowest BCUT2D eigenvalue weighted by Crippen LogP contribution is -1.99. The van der Waals surface area contributed by atoms with Crippen molar-refractivity contribution in [1.29, 1.82) is 0 Å². The van der Waals surface area contributed by atoms with E-state index in [0.717, 1.165) is 17.8 Å². The van der Waals surface area contributed by atoms with Gasteiger partial charge in [-0.05, 0) is 17.8 Å². The molecule has 0 heterocycles. The van der Waals surface area contributed by atoms with Gasteiger partial charge in [0.25, 0.3) is 0 Å². The van der Waals surface area contributed by atoms with Gasteiger partial charge < -0.3 is 0 Å². The van der Waals surface area contributed by atoms with Crippen molar-refractivity contribution in [3.8, 4) is 0 Å². The van der Waals surface area contributed by atoms with Crippen molar-refractivity contribution in [3.05, 3.63) is 0 Å². The van der Waals surface area contributed by atoms with Crippen molar-refractivity contribution in [3.63, 3.8) is 0 Å². The van der Waals surface area contributed by atoms with Gasteiger partial charge in [-0.15, -0.1) is 0 Å². The summed E-state index contributed by atoms with van der Waals surface area (Å²) in [6.07, 6.45) is 26.1. The van der Waals surface area contributed by atoms with Crippen molar-refractivity contribution in [1.82, 2.24) is 0 Å². The van der Waals surface area contributed by atoms with Crippen LogP contribution < -0.4 is 0 Å². The van der Waals surface area contributed by atoms with E-state index in [1.807, 2.05) is 0 Å². The topological polar surface area (TPSA) is 0 Å². The van der Waals surface area contributed by atoms with Crippen LogP contribution in [0.25, 0.3) is 0 Å². The lowest BCUT2D eigenvalue weighted by molar-refractivity contribution is 0.389. The average molecular weight is 367 g/mol. The van der Waals surface area contributed by atoms with Crippen LogP contribution in [0.5, 0.6) is 0 Å². The Morgan fingerprint density at radius 1 is 0.346 bits per heavy atom. The number of unbranched alkanes of at least 4 members (excludes halogenated alkanes) is 8. The number of rotatable bonds is 20. The first-order valence-electron chi connectivity index (χ1n) is 12.6. The summed E-state index contributed by atoms with van der Waals surface area (Å²) in [6, 6.07) is 0. The van der Waals surface area contributed by atoms with E-state index >= 15 is 0 Å². The predicted molar refractivity (Wildman–Crippen MR) is 122 cm³/mol. The lowest BCUT2D eigenvalue weighted by Gasteiger charge is -2.14. The largest absolute Gasteiger partial charge is 0.0654 e. The molecule has 3 unspecified atom stereocenters. The minimum Gasteiger partial charge on any atom is -0.0654 e. The van der Waals surface area contributed by atoms with Gasteiger partial charge in [0.1, 0.15) is 0 Å². The van der Waals surface area contributed by atoms with Gasteiger partial charge in [0.2, 0.25) is 0 Å². The van der Waals surface area contributed by atoms with Gasteiger partial charge in [-0.2, -0.15) is 0 Å². The van der Waals surface area contributed by atoms with Crippen LogP contribution >= 0.6 is 0 Å². The van der Waals surface area contributed by atoms with Crippen LogP contribution in [0.1, 0.15) is 150 Å². The minimum atomic E-state index is 0.955. The van der Waals surface area contributed by atoms with E-state index in [1.54, 1.807) is 0 Å². The van der Waals surface area contributed by atoms with Gasteiger partial charge in [-0.1, -0.05) is 150 Å². The second kappa shape index (κ2) is 19.8. The summed E-state index contributed by atoms with van der Waals surface area (Å²) < 4.78 is 0. The van der Waals surface area contributed by atoms with Gasteiger partial charge in [-0.25, -0.2) is 0 Å². The highest BCUT2D eigenvalue weighted by Gasteiger charge is 2.06. The first kappa shape index (κ1) is 26.0. The lowest BCUT2D eigenvalue weighted by atomic mass is 9.92. The Hall–Kier alpha value is 0. The van der Waals surface area contributed by atoms with E-state index < -0.39 is 0 Å². The maximum Gasteiger partial charge on any atom is -0.0443 e. The summed E-state index contributed by atoms with van der Waals surface area (Å²) in [5.41, 5.74) is 0. The highest BCUT2D eigenvalue weighted by atomic mass is 14.1. The molecule has 3 atom stereocenters. The Balaban J connectivity index is 3.34. The predicted octanol–water partition coefficient (Wildman–Crippen LogP) is 9.96. The Bertz CT molecular complexity index is 257. The van der Waals surface area contributed by atoms with Gasteiger partial charge in [0.05, 0.1) is 0 Å². The fraction of sp³-hybridized carbons (Fsp3) is 1.00. The molecule has 0 aliphatic heterocycles. The van der Waals surface area contributed by atoms with Crippen molar-refractivity contribution < 1.29 is 0 Å². The molecule has 0 radical (unpaired) electrons. The fourth-order valence-corrected chi connectivity index (χ4v) is 4.35. The molecule has 0 spiro atoms. The van der Waals surface area contributed by atoms with Gasteiger partial charge in [0, 0.05) is 0 Å². The summed E-state index contributed by atoms with van der Waals surface area (Å²) in [6.45, 7) is 12.0. The molecule has 0 amide bonds. The van der Waals surface area contributed by atoms with E-state index in [-0.39, 0.29) is 0 Å². The Morgan fingerprint density at radius 2 is 0.692 bits per heavy atom. The van der Waals surface area contributed by atoms with Crippen molar-refractivity contribution >= 4 is 0 Å². The quantitative estimate of drug-likeness (QED) is 0.188. The zero-order chi connectivity index (χ0) is 19.5. The molecule has 0 bridgehead atoms. The third-order valence-corrected chi connectivity index (χ3v) is 6.37. The van der Waals surface area contributed by atoms with Gasteiger partial charge >= 0.3 is 0 Å². The molecule has 0 saturated heterocycles. The molecule has 0 rings (SSSR count). The van der Waals surface area contributed by atoms with Crippen LogP contribution in [-0.2, 0) is 0 Å². The molecule has 0 heteroatoms. The summed E-state index contributed by atoms with van der Waals surface area (Å²) in [4.78, 5) is 0. The molecule has 0 fully saturated rings. The highest BCUT2D eigenvalue weighted by molar-refractivity contribution is 4.59. The van der Waals surface area contributed by atoms with Crippen molar-refractivity contribution in [2.75, 3.05) is 0 Å². The first-order chi connectivity index (χ1) is 12.6. The molecule has 0 aliphatic rings. The second-order valence-electron chi connectivity index (χ2n) is 9.58. The van der Waals surface area contributed by atoms with E-state index in [9.17, 15) is 0 Å². The highest BCUT2D eigenvalue weighted by Crippen LogP contribution is 2.22. The second-order valence-corrected chi connectivity index (χ2v) is 9.58. The third-order valence-electron chi connectivity index (χ3n) is 6.37. The first-order valence-corrected chi connectivity index (χ1v) is 12.6. The van der Waals surface area contributed by atoms with E-state index in [0.29, 0.717) is 0 Å². The summed E-state index contributed by atoms with van der Waals surface area (Å²) in [7, 11) is 0. The maximum atomic E-state index is 2.49. The molecule has 0 aromatic carbocycles. The summed E-state index contributed by atoms with van der Waals surface area (Å²) in [5, 5.41) is 0. The van der Waals surface area contributed by atoms with Crippen LogP contribution in [-0.4, -0.2) is 0 Å². The zero-order valence-corrected chi connectivity index (χ0v) is 19.5. The van der Waals surface area contributed by atoms with E-state index in [1.165, 1.54) is 116 Å². The molecular weight excluding hydrogens is 312 g/mol.